The lowest BCUT2D eigenvalue weighted by atomic mass is 10.2. The summed E-state index contributed by atoms with van der Waals surface area (Å²) in [4.78, 5) is 10.8. The third-order valence-corrected chi connectivity index (χ3v) is 2.26. The molecule has 0 aromatic carbocycles. The Morgan fingerprint density at radius 1 is 1.60 bits per heavy atom. The zero-order valence-electron chi connectivity index (χ0n) is 9.33. The van der Waals surface area contributed by atoms with Crippen LogP contribution < -0.4 is 0 Å². The largest absolute Gasteiger partial charge is 0.454 e. The molecule has 0 radical (unpaired) electrons. The molecule has 0 aromatic heterocycles. The molecule has 0 saturated heterocycles. The number of esters is 1. The highest BCUT2D eigenvalue weighted by Gasteiger charge is 2.35. The van der Waals surface area contributed by atoms with Crippen molar-refractivity contribution in [2.24, 2.45) is 0 Å². The van der Waals surface area contributed by atoms with Crippen molar-refractivity contribution in [1.82, 2.24) is 0 Å². The van der Waals surface area contributed by atoms with Gasteiger partial charge in [-0.25, -0.2) is 4.79 Å². The molecule has 1 aliphatic rings. The van der Waals surface area contributed by atoms with E-state index in [4.69, 9.17) is 14.2 Å². The molecule has 0 fully saturated rings. The molecule has 1 aliphatic heterocycles. The first-order chi connectivity index (χ1) is 7.00. The van der Waals surface area contributed by atoms with E-state index in [0.29, 0.717) is 11.5 Å². The van der Waals surface area contributed by atoms with Gasteiger partial charge in [0.05, 0.1) is 0 Å². The van der Waals surface area contributed by atoms with Gasteiger partial charge in [-0.15, -0.1) is 0 Å². The SMILES string of the molecule is C=CC(=O)OCC1=C(C)OC(C)(CC)O1. The van der Waals surface area contributed by atoms with Crippen molar-refractivity contribution in [2.45, 2.75) is 33.0 Å². The second-order valence-corrected chi connectivity index (χ2v) is 3.48. The third-order valence-electron chi connectivity index (χ3n) is 2.26. The van der Waals surface area contributed by atoms with Crippen molar-refractivity contribution >= 4 is 5.97 Å². The van der Waals surface area contributed by atoms with Crippen molar-refractivity contribution < 1.29 is 19.0 Å². The molecule has 0 aliphatic carbocycles. The Morgan fingerprint density at radius 2 is 2.27 bits per heavy atom. The van der Waals surface area contributed by atoms with E-state index < -0.39 is 11.8 Å². The molecule has 0 amide bonds. The van der Waals surface area contributed by atoms with E-state index >= 15 is 0 Å². The second kappa shape index (κ2) is 4.38. The predicted molar refractivity (Wildman–Crippen MR) is 54.7 cm³/mol. The summed E-state index contributed by atoms with van der Waals surface area (Å²) in [6.07, 6.45) is 1.84. The number of ether oxygens (including phenoxy) is 3. The Hall–Kier alpha value is -1.45. The van der Waals surface area contributed by atoms with Crippen molar-refractivity contribution in [3.8, 4) is 0 Å². The van der Waals surface area contributed by atoms with E-state index in [1.54, 1.807) is 6.92 Å². The molecular formula is C11H16O4. The quantitative estimate of drug-likeness (QED) is 0.529. The highest BCUT2D eigenvalue weighted by molar-refractivity contribution is 5.81. The van der Waals surface area contributed by atoms with Gasteiger partial charge in [-0.1, -0.05) is 13.5 Å². The summed E-state index contributed by atoms with van der Waals surface area (Å²) in [5.41, 5.74) is 0. The standard InChI is InChI=1S/C11H16O4/c1-5-10(12)13-7-9-8(3)14-11(4,6-2)15-9/h5H,1,6-7H2,2-4H3. The first kappa shape index (κ1) is 11.6. The van der Waals surface area contributed by atoms with E-state index in [2.05, 4.69) is 6.58 Å². The van der Waals surface area contributed by atoms with Crippen LogP contribution in [0.4, 0.5) is 0 Å². The normalized spacial score (nSPS) is 24.5. The van der Waals surface area contributed by atoms with Crippen LogP contribution in [0.1, 0.15) is 27.2 Å². The van der Waals surface area contributed by atoms with Crippen molar-refractivity contribution in [2.75, 3.05) is 6.61 Å². The number of carbonyl (C=O) groups is 1. The van der Waals surface area contributed by atoms with Crippen molar-refractivity contribution in [3.05, 3.63) is 24.2 Å². The lowest BCUT2D eigenvalue weighted by Crippen LogP contribution is -2.25. The first-order valence-corrected chi connectivity index (χ1v) is 4.87. The number of rotatable bonds is 4. The van der Waals surface area contributed by atoms with E-state index in [-0.39, 0.29) is 6.61 Å². The van der Waals surface area contributed by atoms with Crippen LogP contribution in [0, 0.1) is 0 Å². The average Bonchev–Trinajstić information content (AvgIpc) is 2.51. The molecule has 1 unspecified atom stereocenters. The molecule has 0 N–H and O–H groups in total. The minimum atomic E-state index is -0.625. The van der Waals surface area contributed by atoms with Gasteiger partial charge in [0.25, 0.3) is 0 Å². The van der Waals surface area contributed by atoms with Gasteiger partial charge in [-0.05, 0) is 6.92 Å². The summed E-state index contributed by atoms with van der Waals surface area (Å²) >= 11 is 0. The van der Waals surface area contributed by atoms with Crippen LogP contribution in [0.5, 0.6) is 0 Å². The Kier molecular flexibility index (Phi) is 3.39. The lowest BCUT2D eigenvalue weighted by Gasteiger charge is -2.22. The van der Waals surface area contributed by atoms with Crippen LogP contribution >= 0.6 is 0 Å². The molecule has 1 atom stereocenters. The van der Waals surface area contributed by atoms with Gasteiger partial charge in [-0.2, -0.15) is 0 Å². The smallest absolute Gasteiger partial charge is 0.330 e. The molecule has 4 heteroatoms. The highest BCUT2D eigenvalue weighted by atomic mass is 16.7. The molecule has 0 spiro atoms. The van der Waals surface area contributed by atoms with Gasteiger partial charge >= 0.3 is 5.97 Å². The molecule has 84 valence electrons. The Balaban J connectivity index is 2.53. The molecule has 1 rings (SSSR count). The zero-order valence-corrected chi connectivity index (χ0v) is 9.33. The van der Waals surface area contributed by atoms with Gasteiger partial charge in [0.2, 0.25) is 5.79 Å². The molecule has 15 heavy (non-hydrogen) atoms. The van der Waals surface area contributed by atoms with Crippen LogP contribution in [0.3, 0.4) is 0 Å². The maximum atomic E-state index is 10.8. The molecular weight excluding hydrogens is 196 g/mol. The van der Waals surface area contributed by atoms with E-state index in [1.165, 1.54) is 0 Å². The van der Waals surface area contributed by atoms with Crippen molar-refractivity contribution in [3.63, 3.8) is 0 Å². The second-order valence-electron chi connectivity index (χ2n) is 3.48. The third kappa shape index (κ3) is 2.75. The highest BCUT2D eigenvalue weighted by Crippen LogP contribution is 2.32. The van der Waals surface area contributed by atoms with Crippen molar-refractivity contribution in [1.29, 1.82) is 0 Å². The maximum absolute atomic E-state index is 10.8. The summed E-state index contributed by atoms with van der Waals surface area (Å²) in [6.45, 7) is 9.00. The van der Waals surface area contributed by atoms with Crippen LogP contribution in [-0.4, -0.2) is 18.4 Å². The Bertz CT molecular complexity index is 306. The molecule has 0 saturated carbocycles. The van der Waals surface area contributed by atoms with Gasteiger partial charge in [-0.3, -0.25) is 0 Å². The van der Waals surface area contributed by atoms with Gasteiger partial charge in [0, 0.05) is 19.4 Å². The predicted octanol–water partition coefficient (Wildman–Crippen LogP) is 2.12. The van der Waals surface area contributed by atoms with Crippen LogP contribution in [0.25, 0.3) is 0 Å². The van der Waals surface area contributed by atoms with E-state index in [0.717, 1.165) is 12.5 Å². The van der Waals surface area contributed by atoms with Gasteiger partial charge < -0.3 is 14.2 Å². The van der Waals surface area contributed by atoms with E-state index in [9.17, 15) is 4.79 Å². The maximum Gasteiger partial charge on any atom is 0.330 e. The van der Waals surface area contributed by atoms with E-state index in [1.807, 2.05) is 13.8 Å². The molecule has 0 bridgehead atoms. The fourth-order valence-corrected chi connectivity index (χ4v) is 1.21. The summed E-state index contributed by atoms with van der Waals surface area (Å²) in [7, 11) is 0. The van der Waals surface area contributed by atoms with Gasteiger partial charge in [0.15, 0.2) is 12.4 Å². The minimum absolute atomic E-state index is 0.0896. The number of hydrogen-bond acceptors (Lipinski definition) is 4. The fourth-order valence-electron chi connectivity index (χ4n) is 1.21. The van der Waals surface area contributed by atoms with Crippen LogP contribution in [0.2, 0.25) is 0 Å². The van der Waals surface area contributed by atoms with Gasteiger partial charge in [0.1, 0.15) is 5.76 Å². The van der Waals surface area contributed by atoms with Crippen LogP contribution in [-0.2, 0) is 19.0 Å². The first-order valence-electron chi connectivity index (χ1n) is 4.87. The summed E-state index contributed by atoms with van der Waals surface area (Å²) in [6, 6.07) is 0. The molecule has 0 aromatic rings. The molecule has 1 heterocycles. The number of carbonyl (C=O) groups excluding carboxylic acids is 1. The Morgan fingerprint density at radius 3 is 2.73 bits per heavy atom. The molecule has 4 nitrogen and oxygen atoms in total. The summed E-state index contributed by atoms with van der Waals surface area (Å²) in [5.74, 6) is 0.134. The zero-order chi connectivity index (χ0) is 11.5. The fraction of sp³-hybridized carbons (Fsp3) is 0.545. The topological polar surface area (TPSA) is 44.8 Å². The summed E-state index contributed by atoms with van der Waals surface area (Å²) in [5, 5.41) is 0. The number of allylic oxidation sites excluding steroid dienone is 1. The monoisotopic (exact) mass is 212 g/mol. The average molecular weight is 212 g/mol. The Labute approximate surface area is 89.5 Å². The number of hydrogen-bond donors (Lipinski definition) is 0. The minimum Gasteiger partial charge on any atom is -0.454 e. The van der Waals surface area contributed by atoms with Crippen LogP contribution in [0.15, 0.2) is 24.2 Å². The lowest BCUT2D eigenvalue weighted by molar-refractivity contribution is -0.150. The summed E-state index contributed by atoms with van der Waals surface area (Å²) < 4.78 is 15.9.